The molecule has 7 heteroatoms. The molecule has 0 atom stereocenters. The van der Waals surface area contributed by atoms with Crippen LogP contribution in [0.4, 0.5) is 0 Å². The van der Waals surface area contributed by atoms with E-state index in [4.69, 9.17) is 27.7 Å². The molecule has 1 aromatic carbocycles. The lowest BCUT2D eigenvalue weighted by atomic mass is 10.1. The molecule has 2 heterocycles. The van der Waals surface area contributed by atoms with E-state index in [1.807, 2.05) is 19.1 Å². The molecule has 0 aliphatic carbocycles. The predicted octanol–water partition coefficient (Wildman–Crippen LogP) is 4.20. The van der Waals surface area contributed by atoms with Gasteiger partial charge in [0.2, 0.25) is 0 Å². The van der Waals surface area contributed by atoms with Gasteiger partial charge in [0.1, 0.15) is 0 Å². The van der Waals surface area contributed by atoms with Crippen LogP contribution < -0.4 is 5.32 Å². The molecule has 5 nitrogen and oxygen atoms in total. The Balaban J connectivity index is 1.54. The zero-order chi connectivity index (χ0) is 17.1. The highest BCUT2D eigenvalue weighted by atomic mass is 35.5. The fourth-order valence-corrected chi connectivity index (χ4v) is 2.68. The van der Waals surface area contributed by atoms with E-state index >= 15 is 0 Å². The first-order chi connectivity index (χ1) is 11.5. The van der Waals surface area contributed by atoms with Crippen molar-refractivity contribution in [1.29, 1.82) is 0 Å². The molecular formula is C17H15Cl2N3O2. The highest BCUT2D eigenvalue weighted by Crippen LogP contribution is 2.23. The van der Waals surface area contributed by atoms with E-state index in [0.29, 0.717) is 33.6 Å². The van der Waals surface area contributed by atoms with Crippen molar-refractivity contribution in [2.24, 2.45) is 0 Å². The minimum absolute atomic E-state index is 0.167. The van der Waals surface area contributed by atoms with Crippen molar-refractivity contribution in [3.05, 3.63) is 57.3 Å². The van der Waals surface area contributed by atoms with Gasteiger partial charge in [0.15, 0.2) is 0 Å². The van der Waals surface area contributed by atoms with Gasteiger partial charge in [-0.1, -0.05) is 34.4 Å². The molecule has 0 bridgehead atoms. The number of pyridine rings is 1. The van der Waals surface area contributed by atoms with Crippen LogP contribution in [0, 0.1) is 6.92 Å². The summed E-state index contributed by atoms with van der Waals surface area (Å²) in [6.07, 6.45) is 3.09. The fraction of sp³-hybridized carbons (Fsp3) is 0.235. The van der Waals surface area contributed by atoms with Crippen molar-refractivity contribution in [2.75, 3.05) is 6.54 Å². The highest BCUT2D eigenvalue weighted by molar-refractivity contribution is 6.42. The lowest BCUT2D eigenvalue weighted by Crippen LogP contribution is -2.24. The van der Waals surface area contributed by atoms with Crippen LogP contribution in [0.5, 0.6) is 0 Å². The Morgan fingerprint density at radius 2 is 2.08 bits per heavy atom. The molecule has 0 spiro atoms. The monoisotopic (exact) mass is 363 g/mol. The second-order valence-corrected chi connectivity index (χ2v) is 6.27. The van der Waals surface area contributed by atoms with Gasteiger partial charge in [-0.05, 0) is 43.5 Å². The average Bonchev–Trinajstić information content (AvgIpc) is 2.95. The van der Waals surface area contributed by atoms with Crippen molar-refractivity contribution >= 4 is 40.2 Å². The molecule has 0 unspecified atom stereocenters. The van der Waals surface area contributed by atoms with Gasteiger partial charge in [0, 0.05) is 12.7 Å². The maximum absolute atomic E-state index is 12.2. The summed E-state index contributed by atoms with van der Waals surface area (Å²) < 4.78 is 5.04. The number of amides is 1. The van der Waals surface area contributed by atoms with E-state index in [1.165, 1.54) is 6.20 Å². The van der Waals surface area contributed by atoms with E-state index in [2.05, 4.69) is 15.5 Å². The first-order valence-electron chi connectivity index (χ1n) is 7.49. The minimum atomic E-state index is -0.167. The van der Waals surface area contributed by atoms with Crippen LogP contribution in [0.2, 0.25) is 10.0 Å². The number of halogens is 2. The maximum atomic E-state index is 12.2. The third-order valence-corrected chi connectivity index (χ3v) is 4.42. The Bertz CT molecular complexity index is 893. The molecule has 124 valence electrons. The summed E-state index contributed by atoms with van der Waals surface area (Å²) in [6.45, 7) is 2.37. The molecule has 0 fully saturated rings. The molecule has 3 rings (SSSR count). The zero-order valence-electron chi connectivity index (χ0n) is 13.0. The molecule has 0 saturated carbocycles. The van der Waals surface area contributed by atoms with Crippen LogP contribution in [0.1, 0.15) is 28.0 Å². The van der Waals surface area contributed by atoms with Crippen molar-refractivity contribution in [1.82, 2.24) is 15.5 Å². The van der Waals surface area contributed by atoms with E-state index in [-0.39, 0.29) is 5.91 Å². The van der Waals surface area contributed by atoms with Crippen LogP contribution in [-0.4, -0.2) is 22.6 Å². The number of carbonyl (C=O) groups is 1. The number of aryl methyl sites for hydroxylation is 2. The van der Waals surface area contributed by atoms with Crippen molar-refractivity contribution in [3.63, 3.8) is 0 Å². The Labute approximate surface area is 148 Å². The molecule has 2 aromatic heterocycles. The molecule has 0 aliphatic heterocycles. The maximum Gasteiger partial charge on any atom is 0.257 e. The lowest BCUT2D eigenvalue weighted by Gasteiger charge is -2.06. The van der Waals surface area contributed by atoms with Crippen molar-refractivity contribution < 1.29 is 9.32 Å². The number of hydrogen-bond acceptors (Lipinski definition) is 4. The van der Waals surface area contributed by atoms with Gasteiger partial charge in [-0.25, -0.2) is 4.98 Å². The van der Waals surface area contributed by atoms with E-state index < -0.39 is 0 Å². The van der Waals surface area contributed by atoms with E-state index in [9.17, 15) is 4.79 Å². The third kappa shape index (κ3) is 3.68. The second kappa shape index (κ2) is 7.20. The molecule has 0 saturated heterocycles. The summed E-state index contributed by atoms with van der Waals surface area (Å²) in [5.41, 5.74) is 2.72. The molecule has 3 aromatic rings. The van der Waals surface area contributed by atoms with Gasteiger partial charge in [0.05, 0.1) is 26.7 Å². The van der Waals surface area contributed by atoms with E-state index in [0.717, 1.165) is 23.8 Å². The van der Waals surface area contributed by atoms with Gasteiger partial charge >= 0.3 is 0 Å². The SMILES string of the molecule is Cc1noc2ncc(C(=O)NCCCc3ccc(Cl)c(Cl)c3)cc12. The average molecular weight is 364 g/mol. The predicted molar refractivity (Wildman–Crippen MR) is 93.7 cm³/mol. The molecule has 24 heavy (non-hydrogen) atoms. The number of nitrogens with zero attached hydrogens (tertiary/aromatic N) is 2. The number of carbonyl (C=O) groups excluding carboxylic acids is 1. The summed E-state index contributed by atoms with van der Waals surface area (Å²) >= 11 is 11.9. The first kappa shape index (κ1) is 16.7. The summed E-state index contributed by atoms with van der Waals surface area (Å²) in [5, 5.41) is 8.55. The van der Waals surface area contributed by atoms with E-state index in [1.54, 1.807) is 12.1 Å². The van der Waals surface area contributed by atoms with Crippen LogP contribution >= 0.6 is 23.2 Å². The zero-order valence-corrected chi connectivity index (χ0v) is 14.5. The first-order valence-corrected chi connectivity index (χ1v) is 8.24. The Morgan fingerprint density at radius 1 is 1.25 bits per heavy atom. The number of aromatic nitrogens is 2. The van der Waals surface area contributed by atoms with Gasteiger partial charge < -0.3 is 9.84 Å². The standard InChI is InChI=1S/C17H15Cl2N3O2/c1-10-13-8-12(9-21-17(13)24-22-10)16(23)20-6-2-3-11-4-5-14(18)15(19)7-11/h4-5,7-9H,2-3,6H2,1H3,(H,20,23). The van der Waals surface area contributed by atoms with Crippen LogP contribution in [-0.2, 0) is 6.42 Å². The van der Waals surface area contributed by atoms with Gasteiger partial charge in [-0.3, -0.25) is 4.79 Å². The molecular weight excluding hydrogens is 349 g/mol. The van der Waals surface area contributed by atoms with Crippen LogP contribution in [0.3, 0.4) is 0 Å². The Hall–Kier alpha value is -2.11. The third-order valence-electron chi connectivity index (χ3n) is 3.68. The largest absolute Gasteiger partial charge is 0.352 e. The summed E-state index contributed by atoms with van der Waals surface area (Å²) in [4.78, 5) is 16.3. The number of fused-ring (bicyclic) bond motifs is 1. The Kier molecular flexibility index (Phi) is 5.02. The molecule has 1 N–H and O–H groups in total. The summed E-state index contributed by atoms with van der Waals surface area (Å²) in [7, 11) is 0. The fourth-order valence-electron chi connectivity index (χ4n) is 2.36. The topological polar surface area (TPSA) is 68.0 Å². The molecule has 0 radical (unpaired) electrons. The Morgan fingerprint density at radius 3 is 2.88 bits per heavy atom. The molecule has 0 aliphatic rings. The minimum Gasteiger partial charge on any atom is -0.352 e. The summed E-state index contributed by atoms with van der Waals surface area (Å²) in [5.74, 6) is -0.167. The van der Waals surface area contributed by atoms with Gasteiger partial charge in [0.25, 0.3) is 11.6 Å². The summed E-state index contributed by atoms with van der Waals surface area (Å²) in [6, 6.07) is 7.29. The van der Waals surface area contributed by atoms with Crippen LogP contribution in [0.15, 0.2) is 35.0 Å². The van der Waals surface area contributed by atoms with Crippen molar-refractivity contribution in [3.8, 4) is 0 Å². The van der Waals surface area contributed by atoms with Crippen molar-refractivity contribution in [2.45, 2.75) is 19.8 Å². The highest BCUT2D eigenvalue weighted by Gasteiger charge is 2.11. The van der Waals surface area contributed by atoms with Crippen LogP contribution in [0.25, 0.3) is 11.1 Å². The number of benzene rings is 1. The molecule has 1 amide bonds. The smallest absolute Gasteiger partial charge is 0.257 e. The normalized spacial score (nSPS) is 11.0. The number of hydrogen-bond donors (Lipinski definition) is 1. The number of rotatable bonds is 5. The van der Waals surface area contributed by atoms with Gasteiger partial charge in [-0.2, -0.15) is 0 Å². The second-order valence-electron chi connectivity index (χ2n) is 5.45. The quantitative estimate of drug-likeness (QED) is 0.689. The number of nitrogens with one attached hydrogen (secondary N) is 1. The lowest BCUT2D eigenvalue weighted by molar-refractivity contribution is 0.0953. The van der Waals surface area contributed by atoms with Gasteiger partial charge in [-0.15, -0.1) is 0 Å².